The first-order valence-electron chi connectivity index (χ1n) is 8.64. The van der Waals surface area contributed by atoms with Gasteiger partial charge in [0, 0.05) is 5.69 Å². The molecule has 1 N–H and O–H groups in total. The Labute approximate surface area is 166 Å². The molecule has 0 aliphatic heterocycles. The smallest absolute Gasteiger partial charge is 0.242 e. The zero-order valence-corrected chi connectivity index (χ0v) is 16.4. The number of carbonyl (C=O) groups is 1. The number of fused-ring (bicyclic) bond motifs is 1. The van der Waals surface area contributed by atoms with Crippen molar-refractivity contribution in [3.05, 3.63) is 90.0 Å². The second-order valence-electron chi connectivity index (χ2n) is 6.21. The van der Waals surface area contributed by atoms with Gasteiger partial charge in [0.2, 0.25) is 5.91 Å². The number of aryl methyl sites for hydroxylation is 1. The molecule has 0 unspecified atom stereocenters. The number of hydrogen-bond acceptors (Lipinski definition) is 4. The Morgan fingerprint density at radius 1 is 0.963 bits per heavy atom. The van der Waals surface area contributed by atoms with E-state index in [0.717, 1.165) is 31.4 Å². The quantitative estimate of drug-likeness (QED) is 0.420. The standard InChI is InChI=1S/C22H18N2OS2/c1-15-11-13-17(14-12-15)23-21(25)20(16-7-3-2-4-8-16)27-22-24-18-9-5-6-10-19(18)26-22/h2-14,20H,1H3,(H,23,25)/t20-/m1/s1. The summed E-state index contributed by atoms with van der Waals surface area (Å²) in [4.78, 5) is 17.7. The molecule has 0 saturated carbocycles. The van der Waals surface area contributed by atoms with E-state index in [1.54, 1.807) is 11.3 Å². The van der Waals surface area contributed by atoms with Crippen molar-refractivity contribution in [1.29, 1.82) is 0 Å². The van der Waals surface area contributed by atoms with Gasteiger partial charge in [-0.25, -0.2) is 4.98 Å². The van der Waals surface area contributed by atoms with Crippen molar-refractivity contribution in [2.24, 2.45) is 0 Å². The highest BCUT2D eigenvalue weighted by Crippen LogP contribution is 2.39. The predicted octanol–water partition coefficient (Wildman–Crippen LogP) is 6.08. The van der Waals surface area contributed by atoms with Crippen LogP contribution in [0.15, 0.2) is 83.2 Å². The third-order valence-electron chi connectivity index (χ3n) is 4.15. The first-order valence-corrected chi connectivity index (χ1v) is 10.3. The molecule has 0 fully saturated rings. The van der Waals surface area contributed by atoms with Gasteiger partial charge in [-0.2, -0.15) is 0 Å². The van der Waals surface area contributed by atoms with Gasteiger partial charge in [-0.1, -0.05) is 71.9 Å². The number of para-hydroxylation sites is 1. The van der Waals surface area contributed by atoms with Gasteiger partial charge >= 0.3 is 0 Å². The molecule has 4 aromatic rings. The van der Waals surface area contributed by atoms with Gasteiger partial charge in [0.25, 0.3) is 0 Å². The first kappa shape index (κ1) is 17.8. The van der Waals surface area contributed by atoms with Crippen LogP contribution >= 0.6 is 23.1 Å². The lowest BCUT2D eigenvalue weighted by molar-refractivity contribution is -0.115. The Kier molecular flexibility index (Phi) is 5.23. The lowest BCUT2D eigenvalue weighted by atomic mass is 10.1. The molecule has 0 aliphatic rings. The minimum absolute atomic E-state index is 0.0469. The Morgan fingerprint density at radius 2 is 1.67 bits per heavy atom. The van der Waals surface area contributed by atoms with Crippen LogP contribution in [0.2, 0.25) is 0 Å². The van der Waals surface area contributed by atoms with Gasteiger partial charge < -0.3 is 5.32 Å². The monoisotopic (exact) mass is 390 g/mol. The molecular weight excluding hydrogens is 372 g/mol. The van der Waals surface area contributed by atoms with Gasteiger partial charge in [-0.15, -0.1) is 11.3 Å². The number of nitrogens with zero attached hydrogens (tertiary/aromatic N) is 1. The van der Waals surface area contributed by atoms with Gasteiger partial charge in [-0.3, -0.25) is 4.79 Å². The van der Waals surface area contributed by atoms with Crippen molar-refractivity contribution >= 4 is 44.9 Å². The Hall–Kier alpha value is -2.63. The highest BCUT2D eigenvalue weighted by atomic mass is 32.2. The fourth-order valence-electron chi connectivity index (χ4n) is 2.75. The number of nitrogens with one attached hydrogen (secondary N) is 1. The Balaban J connectivity index is 1.62. The highest BCUT2D eigenvalue weighted by Gasteiger charge is 2.24. The molecule has 27 heavy (non-hydrogen) atoms. The van der Waals surface area contributed by atoms with Crippen LogP contribution in [0.5, 0.6) is 0 Å². The van der Waals surface area contributed by atoms with Crippen molar-refractivity contribution in [2.75, 3.05) is 5.32 Å². The lowest BCUT2D eigenvalue weighted by Gasteiger charge is -2.16. The van der Waals surface area contributed by atoms with E-state index in [1.165, 1.54) is 11.8 Å². The third-order valence-corrected chi connectivity index (χ3v) is 6.54. The SMILES string of the molecule is Cc1ccc(NC(=O)[C@H](Sc2nc3ccccc3s2)c2ccccc2)cc1. The van der Waals surface area contributed by atoms with Crippen molar-refractivity contribution < 1.29 is 4.79 Å². The summed E-state index contributed by atoms with van der Waals surface area (Å²) in [5, 5.41) is 2.67. The highest BCUT2D eigenvalue weighted by molar-refractivity contribution is 8.02. The minimum atomic E-state index is -0.368. The zero-order chi connectivity index (χ0) is 18.6. The molecular formula is C22H18N2OS2. The van der Waals surface area contributed by atoms with E-state index < -0.39 is 0 Å². The predicted molar refractivity (Wildman–Crippen MR) is 114 cm³/mol. The lowest BCUT2D eigenvalue weighted by Crippen LogP contribution is -2.19. The maximum absolute atomic E-state index is 13.1. The zero-order valence-electron chi connectivity index (χ0n) is 14.8. The number of amides is 1. The molecule has 5 heteroatoms. The second kappa shape index (κ2) is 7.94. The number of thiazole rings is 1. The summed E-state index contributed by atoms with van der Waals surface area (Å²) in [5.41, 5.74) is 3.90. The van der Waals surface area contributed by atoms with Gasteiger partial charge in [-0.05, 0) is 36.8 Å². The van der Waals surface area contributed by atoms with Crippen LogP contribution in [0.1, 0.15) is 16.4 Å². The van der Waals surface area contributed by atoms with Gasteiger partial charge in [0.05, 0.1) is 10.2 Å². The molecule has 0 aliphatic carbocycles. The Bertz CT molecular complexity index is 1030. The molecule has 1 atom stereocenters. The summed E-state index contributed by atoms with van der Waals surface area (Å²) in [6.07, 6.45) is 0. The number of carbonyl (C=O) groups excluding carboxylic acids is 1. The number of benzene rings is 3. The summed E-state index contributed by atoms with van der Waals surface area (Å²) in [5.74, 6) is -0.0469. The summed E-state index contributed by atoms with van der Waals surface area (Å²) in [6, 6.07) is 25.7. The van der Waals surface area contributed by atoms with E-state index in [0.29, 0.717) is 0 Å². The molecule has 1 aromatic heterocycles. The van der Waals surface area contributed by atoms with Crippen LogP contribution < -0.4 is 5.32 Å². The number of anilines is 1. The molecule has 0 saturated heterocycles. The van der Waals surface area contributed by atoms with E-state index >= 15 is 0 Å². The van der Waals surface area contributed by atoms with Crippen LogP contribution in [0.3, 0.4) is 0 Å². The van der Waals surface area contributed by atoms with Crippen molar-refractivity contribution in [3.63, 3.8) is 0 Å². The minimum Gasteiger partial charge on any atom is -0.325 e. The first-order chi connectivity index (χ1) is 13.2. The van der Waals surface area contributed by atoms with Gasteiger partial charge in [0.1, 0.15) is 5.25 Å². The molecule has 134 valence electrons. The summed E-state index contributed by atoms with van der Waals surface area (Å²) >= 11 is 3.11. The average Bonchev–Trinajstić information content (AvgIpc) is 3.11. The maximum Gasteiger partial charge on any atom is 0.242 e. The fourth-order valence-corrected chi connectivity index (χ4v) is 5.01. The number of hydrogen-bond donors (Lipinski definition) is 1. The topological polar surface area (TPSA) is 42.0 Å². The molecule has 0 spiro atoms. The summed E-state index contributed by atoms with van der Waals surface area (Å²) < 4.78 is 2.02. The Morgan fingerprint density at radius 3 is 2.41 bits per heavy atom. The molecule has 1 heterocycles. The molecule has 3 aromatic carbocycles. The van der Waals surface area contributed by atoms with E-state index in [-0.39, 0.29) is 11.2 Å². The van der Waals surface area contributed by atoms with Crippen molar-refractivity contribution in [2.45, 2.75) is 16.5 Å². The van der Waals surface area contributed by atoms with Crippen LogP contribution in [-0.4, -0.2) is 10.9 Å². The molecule has 4 rings (SSSR count). The summed E-state index contributed by atoms with van der Waals surface area (Å²) in [7, 11) is 0. The van der Waals surface area contributed by atoms with Crippen LogP contribution in [0, 0.1) is 6.92 Å². The largest absolute Gasteiger partial charge is 0.325 e. The third kappa shape index (κ3) is 4.21. The molecule has 1 amide bonds. The molecule has 0 radical (unpaired) electrons. The van der Waals surface area contributed by atoms with Crippen LogP contribution in [0.4, 0.5) is 5.69 Å². The maximum atomic E-state index is 13.1. The van der Waals surface area contributed by atoms with E-state index in [1.807, 2.05) is 79.7 Å². The average molecular weight is 391 g/mol. The van der Waals surface area contributed by atoms with E-state index in [9.17, 15) is 4.79 Å². The van der Waals surface area contributed by atoms with Crippen molar-refractivity contribution in [1.82, 2.24) is 4.98 Å². The molecule has 3 nitrogen and oxygen atoms in total. The second-order valence-corrected chi connectivity index (χ2v) is 8.59. The van der Waals surface area contributed by atoms with Crippen LogP contribution in [-0.2, 0) is 4.79 Å². The van der Waals surface area contributed by atoms with E-state index in [2.05, 4.69) is 16.4 Å². The fraction of sp³-hybridized carbons (Fsp3) is 0.0909. The number of aromatic nitrogens is 1. The van der Waals surface area contributed by atoms with E-state index in [4.69, 9.17) is 0 Å². The molecule has 0 bridgehead atoms. The van der Waals surface area contributed by atoms with Gasteiger partial charge in [0.15, 0.2) is 4.34 Å². The normalized spacial score (nSPS) is 12.0. The van der Waals surface area contributed by atoms with Crippen molar-refractivity contribution in [3.8, 4) is 0 Å². The van der Waals surface area contributed by atoms with Crippen LogP contribution in [0.25, 0.3) is 10.2 Å². The summed E-state index contributed by atoms with van der Waals surface area (Å²) in [6.45, 7) is 2.03. The number of thioether (sulfide) groups is 1. The number of rotatable bonds is 5.